The lowest BCUT2D eigenvalue weighted by atomic mass is 9.86. The van der Waals surface area contributed by atoms with Crippen LogP contribution in [0.5, 0.6) is 0 Å². The number of carbonyl (C=O) groups is 2. The third-order valence-electron chi connectivity index (χ3n) is 3.40. The molecule has 0 radical (unpaired) electrons. The summed E-state index contributed by atoms with van der Waals surface area (Å²) in [6.07, 6.45) is 3.42. The number of hydrogen-bond acceptors (Lipinski definition) is 4. The number of hydrogen-bond donors (Lipinski definition) is 5. The minimum absolute atomic E-state index is 0.0211. The molecule has 1 fully saturated rings. The fourth-order valence-corrected chi connectivity index (χ4v) is 2.36. The Labute approximate surface area is 112 Å². The predicted molar refractivity (Wildman–Crippen MR) is 67.6 cm³/mol. The van der Waals surface area contributed by atoms with Gasteiger partial charge in [0, 0.05) is 25.7 Å². The Balaban J connectivity index is 2.39. The van der Waals surface area contributed by atoms with Crippen LogP contribution in [0.25, 0.3) is 0 Å². The topological polar surface area (TPSA) is 119 Å². The van der Waals surface area contributed by atoms with Gasteiger partial charge in [0.05, 0.1) is 0 Å². The second kappa shape index (κ2) is 7.96. The molecule has 1 rings (SSSR count). The van der Waals surface area contributed by atoms with Gasteiger partial charge in [-0.05, 0) is 25.2 Å². The first kappa shape index (κ1) is 15.7. The maximum absolute atomic E-state index is 11.7. The zero-order chi connectivity index (χ0) is 14.3. The number of aliphatic carboxylic acids is 1. The summed E-state index contributed by atoms with van der Waals surface area (Å²) in [5.41, 5.74) is 0. The number of nitrogens with one attached hydrogen (secondary N) is 2. The van der Waals surface area contributed by atoms with Crippen molar-refractivity contribution in [2.24, 2.45) is 5.92 Å². The molecule has 110 valence electrons. The molecule has 1 aliphatic rings. The van der Waals surface area contributed by atoms with Crippen molar-refractivity contribution in [3.63, 3.8) is 0 Å². The van der Waals surface area contributed by atoms with Gasteiger partial charge in [0.2, 0.25) is 0 Å². The quantitative estimate of drug-likeness (QED) is 0.454. The smallest absolute Gasteiger partial charge is 0.326 e. The minimum Gasteiger partial charge on any atom is -0.480 e. The molecule has 0 saturated heterocycles. The minimum atomic E-state index is -1.17. The Morgan fingerprint density at radius 2 is 2.00 bits per heavy atom. The molecular weight excluding hydrogens is 252 g/mol. The summed E-state index contributed by atoms with van der Waals surface area (Å²) < 4.78 is 0. The van der Waals surface area contributed by atoms with Crippen LogP contribution in [0.2, 0.25) is 0 Å². The van der Waals surface area contributed by atoms with Crippen molar-refractivity contribution in [2.75, 3.05) is 13.2 Å². The highest BCUT2D eigenvalue weighted by Gasteiger charge is 2.24. The highest BCUT2D eigenvalue weighted by Crippen LogP contribution is 2.23. The van der Waals surface area contributed by atoms with Crippen molar-refractivity contribution in [1.82, 2.24) is 10.6 Å². The van der Waals surface area contributed by atoms with Gasteiger partial charge in [-0.25, -0.2) is 9.59 Å². The van der Waals surface area contributed by atoms with E-state index in [-0.39, 0.29) is 31.6 Å². The highest BCUT2D eigenvalue weighted by atomic mass is 16.4. The van der Waals surface area contributed by atoms with Crippen molar-refractivity contribution < 1.29 is 24.9 Å². The monoisotopic (exact) mass is 274 g/mol. The average Bonchev–Trinajstić information content (AvgIpc) is 2.38. The summed E-state index contributed by atoms with van der Waals surface area (Å²) >= 11 is 0. The van der Waals surface area contributed by atoms with Gasteiger partial charge in [-0.3, -0.25) is 0 Å². The van der Waals surface area contributed by atoms with Crippen LogP contribution < -0.4 is 10.6 Å². The van der Waals surface area contributed by atoms with Crippen molar-refractivity contribution in [2.45, 2.75) is 44.2 Å². The molecule has 3 atom stereocenters. The standard InChI is InChI=1S/C12H22N2O5/c15-5-4-10(11(17)18)14-12(19)13-9-3-1-2-8(6-9)7-16/h8-10,15-16H,1-7H2,(H,17,18)(H2,13,14,19)/t8?,9?,10-/m0/s1. The molecule has 0 heterocycles. The number of urea groups is 1. The lowest BCUT2D eigenvalue weighted by Crippen LogP contribution is -2.50. The van der Waals surface area contributed by atoms with Gasteiger partial charge in [-0.2, -0.15) is 0 Å². The summed E-state index contributed by atoms with van der Waals surface area (Å²) in [6.45, 7) is -0.185. The summed E-state index contributed by atoms with van der Waals surface area (Å²) in [4.78, 5) is 22.5. The second-order valence-electron chi connectivity index (χ2n) is 4.93. The lowest BCUT2D eigenvalue weighted by Gasteiger charge is -2.29. The molecule has 1 aliphatic carbocycles. The molecule has 19 heavy (non-hydrogen) atoms. The van der Waals surface area contributed by atoms with Gasteiger partial charge in [0.25, 0.3) is 0 Å². The maximum atomic E-state index is 11.7. The molecule has 5 N–H and O–H groups in total. The first-order valence-corrected chi connectivity index (χ1v) is 6.58. The lowest BCUT2D eigenvalue weighted by molar-refractivity contribution is -0.139. The molecule has 0 aromatic carbocycles. The molecule has 0 aromatic rings. The number of aliphatic hydroxyl groups excluding tert-OH is 2. The van der Waals surface area contributed by atoms with Crippen molar-refractivity contribution in [3.8, 4) is 0 Å². The van der Waals surface area contributed by atoms with Crippen molar-refractivity contribution in [1.29, 1.82) is 0 Å². The Morgan fingerprint density at radius 1 is 1.26 bits per heavy atom. The van der Waals surface area contributed by atoms with E-state index in [1.165, 1.54) is 0 Å². The van der Waals surface area contributed by atoms with Crippen molar-refractivity contribution >= 4 is 12.0 Å². The van der Waals surface area contributed by atoms with E-state index in [1.54, 1.807) is 0 Å². The molecule has 0 aromatic heterocycles. The van der Waals surface area contributed by atoms with Crippen LogP contribution in [0.4, 0.5) is 4.79 Å². The van der Waals surface area contributed by atoms with Gasteiger partial charge in [-0.1, -0.05) is 6.42 Å². The molecule has 7 nitrogen and oxygen atoms in total. The largest absolute Gasteiger partial charge is 0.480 e. The maximum Gasteiger partial charge on any atom is 0.326 e. The zero-order valence-electron chi connectivity index (χ0n) is 10.8. The number of rotatable bonds is 6. The average molecular weight is 274 g/mol. The molecule has 2 unspecified atom stereocenters. The molecule has 0 bridgehead atoms. The van der Waals surface area contributed by atoms with Crippen LogP contribution in [0.3, 0.4) is 0 Å². The van der Waals surface area contributed by atoms with Gasteiger partial charge in [-0.15, -0.1) is 0 Å². The number of carboxylic acid groups (broad SMARTS) is 1. The number of amides is 2. The normalized spacial score (nSPS) is 24.5. The van der Waals surface area contributed by atoms with Crippen LogP contribution in [-0.2, 0) is 4.79 Å². The third-order valence-corrected chi connectivity index (χ3v) is 3.40. The molecule has 1 saturated carbocycles. The molecular formula is C12H22N2O5. The van der Waals surface area contributed by atoms with Gasteiger partial charge in [0.15, 0.2) is 0 Å². The predicted octanol–water partition coefficient (Wildman–Crippen LogP) is -0.328. The summed E-state index contributed by atoms with van der Waals surface area (Å²) in [7, 11) is 0. The first-order valence-electron chi connectivity index (χ1n) is 6.58. The van der Waals surface area contributed by atoms with E-state index in [4.69, 9.17) is 15.3 Å². The van der Waals surface area contributed by atoms with Crippen LogP contribution in [0.15, 0.2) is 0 Å². The second-order valence-corrected chi connectivity index (χ2v) is 4.93. The SMILES string of the molecule is O=C(NC1CCCC(CO)C1)N[C@@H](CCO)C(=O)O. The van der Waals surface area contributed by atoms with Gasteiger partial charge >= 0.3 is 12.0 Å². The van der Waals surface area contributed by atoms with Crippen LogP contribution in [0.1, 0.15) is 32.1 Å². The molecule has 2 amide bonds. The summed E-state index contributed by atoms with van der Waals surface area (Å²) in [5.74, 6) is -0.965. The molecule has 0 spiro atoms. The van der Waals surface area contributed by atoms with Crippen molar-refractivity contribution in [3.05, 3.63) is 0 Å². The number of aliphatic hydroxyl groups is 2. The van der Waals surface area contributed by atoms with Gasteiger partial charge < -0.3 is 26.0 Å². The van der Waals surface area contributed by atoms with E-state index in [0.29, 0.717) is 6.42 Å². The van der Waals surface area contributed by atoms with E-state index >= 15 is 0 Å². The Morgan fingerprint density at radius 3 is 2.58 bits per heavy atom. The van der Waals surface area contributed by atoms with Crippen LogP contribution >= 0.6 is 0 Å². The Hall–Kier alpha value is -1.34. The van der Waals surface area contributed by atoms with Crippen LogP contribution in [0, 0.1) is 5.92 Å². The van der Waals surface area contributed by atoms with E-state index in [9.17, 15) is 9.59 Å². The first-order chi connectivity index (χ1) is 9.06. The molecule has 0 aliphatic heterocycles. The summed E-state index contributed by atoms with van der Waals surface area (Å²) in [5, 5.41) is 31.7. The third kappa shape index (κ3) is 5.44. The van der Waals surface area contributed by atoms with E-state index < -0.39 is 18.0 Å². The van der Waals surface area contributed by atoms with E-state index in [2.05, 4.69) is 10.6 Å². The van der Waals surface area contributed by atoms with Gasteiger partial charge in [0.1, 0.15) is 6.04 Å². The zero-order valence-corrected chi connectivity index (χ0v) is 10.8. The fraction of sp³-hybridized carbons (Fsp3) is 0.833. The molecule has 7 heteroatoms. The summed E-state index contributed by atoms with van der Waals surface area (Å²) in [6, 6.07) is -1.65. The van der Waals surface area contributed by atoms with Crippen LogP contribution in [-0.4, -0.2) is 52.6 Å². The van der Waals surface area contributed by atoms with E-state index in [1.807, 2.05) is 0 Å². The number of carboxylic acids is 1. The number of carbonyl (C=O) groups excluding carboxylic acids is 1. The Bertz CT molecular complexity index is 310. The Kier molecular flexibility index (Phi) is 6.58. The fourth-order valence-electron chi connectivity index (χ4n) is 2.36. The highest BCUT2D eigenvalue weighted by molar-refractivity contribution is 5.82. The van der Waals surface area contributed by atoms with E-state index in [0.717, 1.165) is 19.3 Å².